The SMILES string of the molecule is O=C(NCC(O)c1ccc(F)cc1)Nc1ccc(CN2C(=O)CSC2=O)cc1. The molecule has 9 heteroatoms. The molecule has 0 bridgehead atoms. The second-order valence-corrected chi connectivity index (χ2v) is 7.06. The van der Waals surface area contributed by atoms with Crippen molar-refractivity contribution in [2.75, 3.05) is 17.6 Å². The van der Waals surface area contributed by atoms with E-state index in [9.17, 15) is 23.9 Å². The van der Waals surface area contributed by atoms with Crippen LogP contribution in [-0.4, -0.2) is 39.5 Å². The molecule has 0 aromatic heterocycles. The number of benzene rings is 2. The van der Waals surface area contributed by atoms with Gasteiger partial charge in [-0.15, -0.1) is 0 Å². The zero-order chi connectivity index (χ0) is 20.1. The first-order valence-electron chi connectivity index (χ1n) is 8.47. The summed E-state index contributed by atoms with van der Waals surface area (Å²) < 4.78 is 12.9. The van der Waals surface area contributed by atoms with Gasteiger partial charge in [0.05, 0.1) is 18.4 Å². The van der Waals surface area contributed by atoms with Crippen molar-refractivity contribution >= 4 is 34.6 Å². The lowest BCUT2D eigenvalue weighted by Gasteiger charge is -2.14. The standard InChI is InChI=1S/C19H18FN3O4S/c20-14-5-3-13(4-6-14)16(24)9-21-18(26)22-15-7-1-12(2-8-15)10-23-17(25)11-28-19(23)27/h1-8,16,24H,9-11H2,(H2,21,22,26). The molecule has 4 amide bonds. The molecule has 1 heterocycles. The molecule has 0 spiro atoms. The van der Waals surface area contributed by atoms with Crippen LogP contribution in [0.5, 0.6) is 0 Å². The monoisotopic (exact) mass is 403 g/mol. The molecule has 1 fully saturated rings. The molecule has 1 aliphatic heterocycles. The minimum atomic E-state index is -0.956. The highest BCUT2D eigenvalue weighted by Crippen LogP contribution is 2.22. The van der Waals surface area contributed by atoms with Crippen molar-refractivity contribution < 1.29 is 23.9 Å². The summed E-state index contributed by atoms with van der Waals surface area (Å²) in [4.78, 5) is 36.4. The first kappa shape index (κ1) is 19.8. The average molecular weight is 403 g/mol. The molecule has 1 unspecified atom stereocenters. The zero-order valence-electron chi connectivity index (χ0n) is 14.7. The lowest BCUT2D eigenvalue weighted by atomic mass is 10.1. The number of carbonyl (C=O) groups excluding carboxylic acids is 3. The maximum atomic E-state index is 12.9. The minimum Gasteiger partial charge on any atom is -0.387 e. The molecule has 3 rings (SSSR count). The number of urea groups is 1. The van der Waals surface area contributed by atoms with Gasteiger partial charge in [0, 0.05) is 12.2 Å². The van der Waals surface area contributed by atoms with Gasteiger partial charge in [0.2, 0.25) is 5.91 Å². The van der Waals surface area contributed by atoms with Crippen LogP contribution in [0.3, 0.4) is 0 Å². The number of rotatable bonds is 6. The summed E-state index contributed by atoms with van der Waals surface area (Å²) in [6.45, 7) is 0.160. The molecule has 3 N–H and O–H groups in total. The second kappa shape index (κ2) is 8.85. The van der Waals surface area contributed by atoms with Gasteiger partial charge in [-0.1, -0.05) is 36.0 Å². The summed E-state index contributed by atoms with van der Waals surface area (Å²) in [7, 11) is 0. The Morgan fingerprint density at radius 2 is 1.82 bits per heavy atom. The molecular weight excluding hydrogens is 385 g/mol. The minimum absolute atomic E-state index is 0.0353. The van der Waals surface area contributed by atoms with Crippen LogP contribution in [0.2, 0.25) is 0 Å². The van der Waals surface area contributed by atoms with Gasteiger partial charge in [-0.2, -0.15) is 0 Å². The number of hydrogen-bond acceptors (Lipinski definition) is 5. The molecule has 0 aliphatic carbocycles. The van der Waals surface area contributed by atoms with Gasteiger partial charge in [-0.25, -0.2) is 9.18 Å². The summed E-state index contributed by atoms with van der Waals surface area (Å²) in [5, 5.41) is 14.9. The van der Waals surface area contributed by atoms with Crippen LogP contribution >= 0.6 is 11.8 Å². The number of amides is 4. The number of nitrogens with one attached hydrogen (secondary N) is 2. The third-order valence-electron chi connectivity index (χ3n) is 4.10. The first-order valence-corrected chi connectivity index (χ1v) is 9.45. The van der Waals surface area contributed by atoms with Crippen LogP contribution in [0.15, 0.2) is 48.5 Å². The number of carbonyl (C=O) groups is 3. The van der Waals surface area contributed by atoms with Crippen molar-refractivity contribution in [1.82, 2.24) is 10.2 Å². The van der Waals surface area contributed by atoms with E-state index in [0.717, 1.165) is 17.3 Å². The van der Waals surface area contributed by atoms with Gasteiger partial charge in [-0.3, -0.25) is 14.5 Å². The van der Waals surface area contributed by atoms with E-state index >= 15 is 0 Å². The topological polar surface area (TPSA) is 98.7 Å². The predicted molar refractivity (Wildman–Crippen MR) is 103 cm³/mol. The van der Waals surface area contributed by atoms with Crippen molar-refractivity contribution in [1.29, 1.82) is 0 Å². The number of hydrogen-bond donors (Lipinski definition) is 3. The third-order valence-corrected chi connectivity index (χ3v) is 4.96. The van der Waals surface area contributed by atoms with E-state index in [4.69, 9.17) is 0 Å². The fourth-order valence-electron chi connectivity index (χ4n) is 2.58. The van der Waals surface area contributed by atoms with Crippen LogP contribution in [0.4, 0.5) is 19.7 Å². The number of imide groups is 1. The molecule has 0 saturated carbocycles. The number of halogens is 1. The molecule has 28 heavy (non-hydrogen) atoms. The van der Waals surface area contributed by atoms with E-state index < -0.39 is 18.0 Å². The van der Waals surface area contributed by atoms with Gasteiger partial charge in [0.25, 0.3) is 5.24 Å². The lowest BCUT2D eigenvalue weighted by molar-refractivity contribution is -0.125. The normalized spacial score (nSPS) is 14.9. The summed E-state index contributed by atoms with van der Waals surface area (Å²) in [6, 6.07) is 11.6. The summed E-state index contributed by atoms with van der Waals surface area (Å²) in [5.74, 6) is -0.443. The van der Waals surface area contributed by atoms with Crippen LogP contribution in [0, 0.1) is 5.82 Å². The van der Waals surface area contributed by atoms with Crippen molar-refractivity contribution in [2.24, 2.45) is 0 Å². The number of thioether (sulfide) groups is 1. The highest BCUT2D eigenvalue weighted by molar-refractivity contribution is 8.14. The Balaban J connectivity index is 1.48. The molecule has 146 valence electrons. The number of aliphatic hydroxyl groups is 1. The van der Waals surface area contributed by atoms with Gasteiger partial charge in [-0.05, 0) is 35.4 Å². The van der Waals surface area contributed by atoms with Crippen molar-refractivity contribution in [2.45, 2.75) is 12.6 Å². The smallest absolute Gasteiger partial charge is 0.319 e. The molecule has 1 atom stereocenters. The van der Waals surface area contributed by atoms with E-state index in [0.29, 0.717) is 11.3 Å². The van der Waals surface area contributed by atoms with E-state index in [-0.39, 0.29) is 30.0 Å². The fraction of sp³-hybridized carbons (Fsp3) is 0.211. The van der Waals surface area contributed by atoms with Crippen molar-refractivity contribution in [3.8, 4) is 0 Å². The third kappa shape index (κ3) is 5.08. The van der Waals surface area contributed by atoms with E-state index in [2.05, 4.69) is 10.6 Å². The Bertz CT molecular complexity index is 858. The van der Waals surface area contributed by atoms with Gasteiger partial charge in [0.1, 0.15) is 5.82 Å². The highest BCUT2D eigenvalue weighted by atomic mass is 32.2. The molecule has 2 aromatic carbocycles. The number of nitrogens with zero attached hydrogens (tertiary/aromatic N) is 1. The Morgan fingerprint density at radius 3 is 2.43 bits per heavy atom. The van der Waals surface area contributed by atoms with E-state index in [1.54, 1.807) is 24.3 Å². The van der Waals surface area contributed by atoms with Crippen LogP contribution in [-0.2, 0) is 11.3 Å². The predicted octanol–water partition coefficient (Wildman–Crippen LogP) is 2.88. The summed E-state index contributed by atoms with van der Waals surface area (Å²) >= 11 is 0.984. The van der Waals surface area contributed by atoms with E-state index in [1.165, 1.54) is 29.2 Å². The second-order valence-electron chi connectivity index (χ2n) is 6.13. The summed E-state index contributed by atoms with van der Waals surface area (Å²) in [5.41, 5.74) is 1.78. The Hall–Kier alpha value is -2.91. The first-order chi connectivity index (χ1) is 13.4. The maximum Gasteiger partial charge on any atom is 0.319 e. The maximum absolute atomic E-state index is 12.9. The van der Waals surface area contributed by atoms with Gasteiger partial charge < -0.3 is 15.7 Å². The van der Waals surface area contributed by atoms with Crippen LogP contribution in [0.1, 0.15) is 17.2 Å². The molecule has 7 nitrogen and oxygen atoms in total. The summed E-state index contributed by atoms with van der Waals surface area (Å²) in [6.07, 6.45) is -0.956. The molecule has 1 saturated heterocycles. The Kier molecular flexibility index (Phi) is 6.27. The Morgan fingerprint density at radius 1 is 1.14 bits per heavy atom. The number of aliphatic hydroxyl groups excluding tert-OH is 1. The zero-order valence-corrected chi connectivity index (χ0v) is 15.5. The highest BCUT2D eigenvalue weighted by Gasteiger charge is 2.29. The molecular formula is C19H18FN3O4S. The van der Waals surface area contributed by atoms with Crippen molar-refractivity contribution in [3.05, 3.63) is 65.5 Å². The van der Waals surface area contributed by atoms with Gasteiger partial charge in [0.15, 0.2) is 0 Å². The van der Waals surface area contributed by atoms with Crippen molar-refractivity contribution in [3.63, 3.8) is 0 Å². The largest absolute Gasteiger partial charge is 0.387 e. The molecule has 0 radical (unpaired) electrons. The lowest BCUT2D eigenvalue weighted by Crippen LogP contribution is -2.32. The molecule has 2 aromatic rings. The van der Waals surface area contributed by atoms with Gasteiger partial charge >= 0.3 is 6.03 Å². The average Bonchev–Trinajstić information content (AvgIpc) is 3.00. The Labute approximate surface area is 164 Å². The fourth-order valence-corrected chi connectivity index (χ4v) is 3.30. The molecule has 1 aliphatic rings. The van der Waals surface area contributed by atoms with Crippen LogP contribution in [0.25, 0.3) is 0 Å². The van der Waals surface area contributed by atoms with Crippen LogP contribution < -0.4 is 10.6 Å². The quantitative estimate of drug-likeness (QED) is 0.689. The number of anilines is 1. The van der Waals surface area contributed by atoms with E-state index in [1.807, 2.05) is 0 Å².